The summed E-state index contributed by atoms with van der Waals surface area (Å²) in [5.41, 5.74) is 1.61. The molecular formula is C21H22N6OS. The number of thioether (sulfide) groups is 1. The molecule has 0 spiro atoms. The predicted molar refractivity (Wildman–Crippen MR) is 114 cm³/mol. The van der Waals surface area contributed by atoms with Crippen molar-refractivity contribution in [3.05, 3.63) is 70.8 Å². The topological polar surface area (TPSA) is 78.5 Å². The fraction of sp³-hybridized carbons (Fsp3) is 0.286. The van der Waals surface area contributed by atoms with Gasteiger partial charge in [-0.05, 0) is 47.0 Å². The maximum Gasteiger partial charge on any atom is 0.262 e. The van der Waals surface area contributed by atoms with Crippen LogP contribution in [0.3, 0.4) is 0 Å². The van der Waals surface area contributed by atoms with Crippen LogP contribution in [0.2, 0.25) is 0 Å². The van der Waals surface area contributed by atoms with Crippen LogP contribution in [0.5, 0.6) is 0 Å². The Hall–Kier alpha value is -3.00. The van der Waals surface area contributed by atoms with E-state index in [1.54, 1.807) is 9.25 Å². The number of hydrogen-bond donors (Lipinski definition) is 0. The fourth-order valence-electron chi connectivity index (χ4n) is 3.04. The Balaban J connectivity index is 1.67. The molecule has 4 aromatic rings. The van der Waals surface area contributed by atoms with Gasteiger partial charge in [0.2, 0.25) is 0 Å². The Morgan fingerprint density at radius 1 is 1.03 bits per heavy atom. The van der Waals surface area contributed by atoms with E-state index in [1.165, 1.54) is 11.8 Å². The lowest BCUT2D eigenvalue weighted by molar-refractivity contribution is 0.481. The zero-order valence-corrected chi connectivity index (χ0v) is 17.2. The first kappa shape index (κ1) is 19.3. The first-order valence-corrected chi connectivity index (χ1v) is 10.6. The molecule has 0 aliphatic carbocycles. The van der Waals surface area contributed by atoms with Crippen molar-refractivity contribution in [2.45, 2.75) is 37.7 Å². The summed E-state index contributed by atoms with van der Waals surface area (Å²) >= 11 is 1.48. The molecule has 2 aromatic heterocycles. The highest BCUT2D eigenvalue weighted by Gasteiger charge is 2.15. The minimum Gasteiger partial charge on any atom is -0.287 e. The lowest BCUT2D eigenvalue weighted by atomic mass is 10.1. The fourth-order valence-corrected chi connectivity index (χ4v) is 3.97. The van der Waals surface area contributed by atoms with Crippen molar-refractivity contribution in [1.82, 2.24) is 29.8 Å². The largest absolute Gasteiger partial charge is 0.287 e. The van der Waals surface area contributed by atoms with Crippen LogP contribution in [0.15, 0.2) is 64.5 Å². The molecule has 0 bridgehead atoms. The molecular weight excluding hydrogens is 384 g/mol. The minimum absolute atomic E-state index is 0.00130. The Bertz CT molecular complexity index is 1170. The van der Waals surface area contributed by atoms with Crippen LogP contribution in [0.1, 0.15) is 26.1 Å². The molecule has 0 amide bonds. The number of hydrogen-bond acceptors (Lipinski definition) is 6. The second-order valence-corrected chi connectivity index (χ2v) is 8.12. The maximum atomic E-state index is 13.1. The number of nitrogens with zero attached hydrogens (tertiary/aromatic N) is 6. The van der Waals surface area contributed by atoms with E-state index in [2.05, 4.69) is 29.4 Å². The van der Waals surface area contributed by atoms with E-state index in [0.29, 0.717) is 40.1 Å². The number of tetrazole rings is 1. The Morgan fingerprint density at radius 2 is 1.79 bits per heavy atom. The first-order chi connectivity index (χ1) is 14.1. The summed E-state index contributed by atoms with van der Waals surface area (Å²) in [6.07, 6.45) is 0.912. The van der Waals surface area contributed by atoms with Crippen LogP contribution in [0, 0.1) is 5.92 Å². The van der Waals surface area contributed by atoms with Gasteiger partial charge in [-0.25, -0.2) is 4.98 Å². The van der Waals surface area contributed by atoms with Crippen molar-refractivity contribution >= 4 is 22.7 Å². The van der Waals surface area contributed by atoms with Crippen LogP contribution in [-0.2, 0) is 12.3 Å². The van der Waals surface area contributed by atoms with Crippen molar-refractivity contribution in [2.75, 3.05) is 0 Å². The Labute approximate surface area is 172 Å². The van der Waals surface area contributed by atoms with Crippen LogP contribution in [0.4, 0.5) is 0 Å². The van der Waals surface area contributed by atoms with E-state index in [9.17, 15) is 4.79 Å². The van der Waals surface area contributed by atoms with Crippen molar-refractivity contribution in [3.8, 4) is 5.69 Å². The highest BCUT2D eigenvalue weighted by molar-refractivity contribution is 7.98. The van der Waals surface area contributed by atoms with Gasteiger partial charge in [-0.15, -0.1) is 5.10 Å². The summed E-state index contributed by atoms with van der Waals surface area (Å²) in [5.74, 6) is 1.71. The third-order valence-corrected chi connectivity index (χ3v) is 5.59. The van der Waals surface area contributed by atoms with E-state index in [4.69, 9.17) is 4.98 Å². The summed E-state index contributed by atoms with van der Waals surface area (Å²) in [5, 5.41) is 13.4. The number of rotatable bonds is 7. The average Bonchev–Trinajstić information content (AvgIpc) is 3.21. The van der Waals surface area contributed by atoms with Gasteiger partial charge in [0, 0.05) is 6.54 Å². The van der Waals surface area contributed by atoms with Crippen LogP contribution in [0.25, 0.3) is 16.6 Å². The second kappa shape index (κ2) is 8.57. The number of para-hydroxylation sites is 2. The number of aromatic nitrogens is 6. The van der Waals surface area contributed by atoms with E-state index < -0.39 is 0 Å². The standard InChI is InChI=1S/C21H22N6OS/c1-15(2)12-13-26-20(28)17-10-6-7-11-18(17)22-21(26)29-14-19-23-24-25-27(19)16-8-4-3-5-9-16/h3-11,15H,12-14H2,1-2H3. The molecule has 0 fully saturated rings. The van der Waals surface area contributed by atoms with Crippen LogP contribution < -0.4 is 5.56 Å². The van der Waals surface area contributed by atoms with E-state index in [1.807, 2.05) is 54.6 Å². The van der Waals surface area contributed by atoms with Gasteiger partial charge < -0.3 is 0 Å². The van der Waals surface area contributed by atoms with Crippen molar-refractivity contribution in [3.63, 3.8) is 0 Å². The van der Waals surface area contributed by atoms with Gasteiger partial charge in [-0.2, -0.15) is 4.68 Å². The molecule has 0 unspecified atom stereocenters. The summed E-state index contributed by atoms with van der Waals surface area (Å²) in [6.45, 7) is 4.95. The van der Waals surface area contributed by atoms with Gasteiger partial charge in [0.15, 0.2) is 11.0 Å². The lowest BCUT2D eigenvalue weighted by Crippen LogP contribution is -2.24. The Morgan fingerprint density at radius 3 is 2.59 bits per heavy atom. The monoisotopic (exact) mass is 406 g/mol. The molecule has 0 radical (unpaired) electrons. The highest BCUT2D eigenvalue weighted by atomic mass is 32.2. The third kappa shape index (κ3) is 4.22. The molecule has 8 heteroatoms. The number of benzene rings is 2. The predicted octanol–water partition coefficient (Wildman–Crippen LogP) is 3.71. The zero-order valence-electron chi connectivity index (χ0n) is 16.4. The van der Waals surface area contributed by atoms with E-state index in [-0.39, 0.29) is 5.56 Å². The van der Waals surface area contributed by atoms with Gasteiger partial charge in [-0.1, -0.05) is 55.9 Å². The smallest absolute Gasteiger partial charge is 0.262 e. The summed E-state index contributed by atoms with van der Waals surface area (Å²) in [7, 11) is 0. The minimum atomic E-state index is 0.00130. The molecule has 0 aliphatic rings. The summed E-state index contributed by atoms with van der Waals surface area (Å²) in [4.78, 5) is 17.8. The van der Waals surface area contributed by atoms with Gasteiger partial charge in [0.25, 0.3) is 5.56 Å². The molecule has 0 N–H and O–H groups in total. The van der Waals surface area contributed by atoms with Gasteiger partial charge in [-0.3, -0.25) is 9.36 Å². The molecule has 0 saturated carbocycles. The number of fused-ring (bicyclic) bond motifs is 1. The molecule has 0 atom stereocenters. The molecule has 148 valence electrons. The summed E-state index contributed by atoms with van der Waals surface area (Å²) in [6, 6.07) is 17.2. The molecule has 2 heterocycles. The normalized spacial score (nSPS) is 11.4. The van der Waals surface area contributed by atoms with Gasteiger partial charge in [0.05, 0.1) is 22.3 Å². The Kier molecular flexibility index (Phi) is 5.71. The van der Waals surface area contributed by atoms with Crippen LogP contribution >= 0.6 is 11.8 Å². The lowest BCUT2D eigenvalue weighted by Gasteiger charge is -2.14. The summed E-state index contributed by atoms with van der Waals surface area (Å²) < 4.78 is 3.49. The highest BCUT2D eigenvalue weighted by Crippen LogP contribution is 2.23. The van der Waals surface area contributed by atoms with Crippen molar-refractivity contribution in [2.24, 2.45) is 5.92 Å². The molecule has 4 rings (SSSR count). The van der Waals surface area contributed by atoms with Crippen molar-refractivity contribution in [1.29, 1.82) is 0 Å². The zero-order chi connectivity index (χ0) is 20.2. The van der Waals surface area contributed by atoms with Gasteiger partial charge >= 0.3 is 0 Å². The van der Waals surface area contributed by atoms with E-state index >= 15 is 0 Å². The maximum absolute atomic E-state index is 13.1. The molecule has 29 heavy (non-hydrogen) atoms. The van der Waals surface area contributed by atoms with Gasteiger partial charge in [0.1, 0.15) is 0 Å². The average molecular weight is 407 g/mol. The van der Waals surface area contributed by atoms with Crippen LogP contribution in [-0.4, -0.2) is 29.8 Å². The molecule has 2 aromatic carbocycles. The molecule has 7 nitrogen and oxygen atoms in total. The third-order valence-electron chi connectivity index (χ3n) is 4.62. The first-order valence-electron chi connectivity index (χ1n) is 9.58. The molecule has 0 aliphatic heterocycles. The SMILES string of the molecule is CC(C)CCn1c(SCc2nnnn2-c2ccccc2)nc2ccccc2c1=O. The van der Waals surface area contributed by atoms with E-state index in [0.717, 1.165) is 12.1 Å². The molecule has 0 saturated heterocycles. The van der Waals surface area contributed by atoms with Crippen molar-refractivity contribution < 1.29 is 0 Å². The quantitative estimate of drug-likeness (QED) is 0.344. The second-order valence-electron chi connectivity index (χ2n) is 7.18.